The van der Waals surface area contributed by atoms with Crippen LogP contribution in [0.2, 0.25) is 0 Å². The number of benzene rings is 1. The minimum Gasteiger partial charge on any atom is -0.265 e. The minimum atomic E-state index is -0.268. The van der Waals surface area contributed by atoms with Crippen LogP contribution in [0.4, 0.5) is 0 Å². The van der Waals surface area contributed by atoms with Gasteiger partial charge in [0, 0.05) is 23.5 Å². The normalized spacial score (nSPS) is 11.0. The molecule has 6 nitrogen and oxygen atoms in total. The van der Waals surface area contributed by atoms with E-state index in [0.717, 1.165) is 16.7 Å². The van der Waals surface area contributed by atoms with Crippen molar-refractivity contribution < 1.29 is 0 Å². The van der Waals surface area contributed by atoms with Gasteiger partial charge in [-0.15, -0.1) is 10.2 Å². The molecule has 4 rings (SSSR count). The van der Waals surface area contributed by atoms with Crippen molar-refractivity contribution >= 4 is 16.3 Å². The van der Waals surface area contributed by atoms with E-state index in [-0.39, 0.29) is 5.56 Å². The van der Waals surface area contributed by atoms with Crippen LogP contribution in [0.5, 0.6) is 0 Å². The van der Waals surface area contributed by atoms with E-state index < -0.39 is 0 Å². The molecule has 0 N–H and O–H groups in total. The highest BCUT2D eigenvalue weighted by Crippen LogP contribution is 2.23. The van der Waals surface area contributed by atoms with E-state index in [2.05, 4.69) is 20.3 Å². The summed E-state index contributed by atoms with van der Waals surface area (Å²) < 4.78 is 1.31. The molecule has 1 aromatic carbocycles. The van der Waals surface area contributed by atoms with E-state index in [1.54, 1.807) is 12.4 Å². The summed E-state index contributed by atoms with van der Waals surface area (Å²) in [7, 11) is 0. The number of pyridine rings is 1. The molecule has 0 spiro atoms. The summed E-state index contributed by atoms with van der Waals surface area (Å²) in [6.07, 6.45) is 3.38. The van der Waals surface area contributed by atoms with Crippen molar-refractivity contribution in [1.82, 2.24) is 24.8 Å². The Morgan fingerprint density at radius 3 is 2.43 bits per heavy atom. The first-order chi connectivity index (χ1) is 11.2. The molecule has 0 aliphatic carbocycles. The Morgan fingerprint density at radius 1 is 0.957 bits per heavy atom. The summed E-state index contributed by atoms with van der Waals surface area (Å²) in [6, 6.07) is 11.3. The molecule has 4 aromatic rings. The predicted octanol–water partition coefficient (Wildman–Crippen LogP) is 2.58. The van der Waals surface area contributed by atoms with Crippen LogP contribution in [0, 0.1) is 6.92 Å². The Morgan fingerprint density at radius 2 is 1.70 bits per heavy atom. The maximum absolute atomic E-state index is 12.7. The Kier molecular flexibility index (Phi) is 3.20. The zero-order valence-corrected chi connectivity index (χ0v) is 13.0. The molecule has 0 amide bonds. The van der Waals surface area contributed by atoms with Crippen LogP contribution in [0.25, 0.3) is 26.8 Å². The number of hydrogen-bond donors (Lipinski definition) is 0. The van der Waals surface area contributed by atoms with Crippen molar-refractivity contribution in [1.29, 1.82) is 0 Å². The average molecular weight is 321 g/mol. The lowest BCUT2D eigenvalue weighted by molar-refractivity contribution is 0.862. The number of aromatic nitrogens is 5. The molecule has 3 heterocycles. The molecule has 23 heavy (non-hydrogen) atoms. The summed E-state index contributed by atoms with van der Waals surface area (Å²) in [5.41, 5.74) is 2.79. The van der Waals surface area contributed by atoms with E-state index in [0.29, 0.717) is 15.7 Å². The zero-order valence-electron chi connectivity index (χ0n) is 12.2. The molecule has 0 aliphatic heterocycles. The van der Waals surface area contributed by atoms with E-state index >= 15 is 0 Å². The molecule has 0 saturated heterocycles. The fraction of sp³-hybridized carbons (Fsp3) is 0.0625. The van der Waals surface area contributed by atoms with Crippen LogP contribution in [-0.2, 0) is 0 Å². The Bertz CT molecular complexity index is 1040. The van der Waals surface area contributed by atoms with E-state index in [1.165, 1.54) is 15.9 Å². The largest absolute Gasteiger partial charge is 0.302 e. The molecule has 0 radical (unpaired) electrons. The fourth-order valence-corrected chi connectivity index (χ4v) is 3.06. The molecule has 0 aliphatic rings. The van der Waals surface area contributed by atoms with Crippen LogP contribution < -0.4 is 5.56 Å². The predicted molar refractivity (Wildman–Crippen MR) is 88.3 cm³/mol. The molecule has 0 bridgehead atoms. The van der Waals surface area contributed by atoms with Crippen molar-refractivity contribution in [3.05, 3.63) is 64.7 Å². The lowest BCUT2D eigenvalue weighted by atomic mass is 10.1. The van der Waals surface area contributed by atoms with Gasteiger partial charge in [0.05, 0.1) is 0 Å². The zero-order chi connectivity index (χ0) is 15.8. The van der Waals surface area contributed by atoms with E-state index in [9.17, 15) is 4.79 Å². The van der Waals surface area contributed by atoms with Gasteiger partial charge in [-0.1, -0.05) is 41.2 Å². The Labute approximate surface area is 135 Å². The third kappa shape index (κ3) is 2.40. The summed E-state index contributed by atoms with van der Waals surface area (Å²) >= 11 is 1.32. The third-order valence-corrected chi connectivity index (χ3v) is 4.39. The van der Waals surface area contributed by atoms with Crippen molar-refractivity contribution in [3.8, 4) is 21.8 Å². The highest BCUT2D eigenvalue weighted by Gasteiger charge is 2.14. The smallest absolute Gasteiger partial charge is 0.265 e. The first-order valence-corrected chi connectivity index (χ1v) is 7.78. The maximum atomic E-state index is 12.7. The first kappa shape index (κ1) is 13.7. The number of aryl methyl sites for hydroxylation is 1. The summed E-state index contributed by atoms with van der Waals surface area (Å²) in [4.78, 5) is 17.1. The van der Waals surface area contributed by atoms with Gasteiger partial charge in [0.15, 0.2) is 5.69 Å². The number of hydrogen-bond acceptors (Lipinski definition) is 6. The highest BCUT2D eigenvalue weighted by atomic mass is 32.1. The van der Waals surface area contributed by atoms with Gasteiger partial charge in [-0.2, -0.15) is 9.61 Å². The SMILES string of the molecule is Cc1ccc(-c2nnc3sc(-c4ccncc4)nn3c2=O)cc1. The summed E-state index contributed by atoms with van der Waals surface area (Å²) in [6.45, 7) is 1.99. The first-order valence-electron chi connectivity index (χ1n) is 6.96. The van der Waals surface area contributed by atoms with Gasteiger partial charge in [0.1, 0.15) is 5.01 Å². The van der Waals surface area contributed by atoms with Crippen molar-refractivity contribution in [2.45, 2.75) is 6.92 Å². The van der Waals surface area contributed by atoms with E-state index in [1.807, 2.05) is 43.3 Å². The molecule has 112 valence electrons. The maximum Gasteiger partial charge on any atom is 0.302 e. The topological polar surface area (TPSA) is 73.0 Å². The Hall–Kier alpha value is -2.93. The summed E-state index contributed by atoms with van der Waals surface area (Å²) in [5.74, 6) is 0. The van der Waals surface area contributed by atoms with Crippen LogP contribution in [0.3, 0.4) is 0 Å². The van der Waals surface area contributed by atoms with Gasteiger partial charge < -0.3 is 0 Å². The van der Waals surface area contributed by atoms with Gasteiger partial charge in [-0.25, -0.2) is 0 Å². The standard InChI is InChI=1S/C16H11N5OS/c1-10-2-4-11(5-3-10)13-15(22)21-16(19-18-13)23-14(20-21)12-6-8-17-9-7-12/h2-9H,1H3. The van der Waals surface area contributed by atoms with Crippen LogP contribution in [0.15, 0.2) is 53.6 Å². The quantitative estimate of drug-likeness (QED) is 0.567. The molecular weight excluding hydrogens is 310 g/mol. The van der Waals surface area contributed by atoms with Crippen molar-refractivity contribution in [3.63, 3.8) is 0 Å². The lowest BCUT2D eigenvalue weighted by Crippen LogP contribution is -2.19. The van der Waals surface area contributed by atoms with E-state index in [4.69, 9.17) is 0 Å². The molecule has 0 unspecified atom stereocenters. The summed E-state index contributed by atoms with van der Waals surface area (Å²) in [5, 5.41) is 13.3. The highest BCUT2D eigenvalue weighted by molar-refractivity contribution is 7.19. The van der Waals surface area contributed by atoms with Crippen LogP contribution in [0.1, 0.15) is 5.56 Å². The number of fused-ring (bicyclic) bond motifs is 1. The molecule has 0 atom stereocenters. The fourth-order valence-electron chi connectivity index (χ4n) is 2.22. The molecule has 7 heteroatoms. The molecule has 0 fully saturated rings. The van der Waals surface area contributed by atoms with Gasteiger partial charge >= 0.3 is 5.56 Å². The van der Waals surface area contributed by atoms with Crippen molar-refractivity contribution in [2.75, 3.05) is 0 Å². The van der Waals surface area contributed by atoms with Crippen LogP contribution >= 0.6 is 11.3 Å². The second-order valence-corrected chi connectivity index (χ2v) is 6.01. The monoisotopic (exact) mass is 321 g/mol. The second-order valence-electron chi connectivity index (χ2n) is 5.06. The number of rotatable bonds is 2. The average Bonchev–Trinajstić information content (AvgIpc) is 3.02. The Balaban J connectivity index is 1.89. The number of nitrogens with zero attached hydrogens (tertiary/aromatic N) is 5. The third-order valence-electron chi connectivity index (χ3n) is 3.44. The second kappa shape index (κ2) is 5.36. The van der Waals surface area contributed by atoms with Gasteiger partial charge in [0.2, 0.25) is 4.96 Å². The molecule has 3 aromatic heterocycles. The van der Waals surface area contributed by atoms with Gasteiger partial charge in [-0.3, -0.25) is 9.78 Å². The van der Waals surface area contributed by atoms with Gasteiger partial charge in [0.25, 0.3) is 0 Å². The molecular formula is C16H11N5OS. The lowest BCUT2D eigenvalue weighted by Gasteiger charge is -1.99. The van der Waals surface area contributed by atoms with Crippen molar-refractivity contribution in [2.24, 2.45) is 0 Å². The molecule has 0 saturated carbocycles. The minimum absolute atomic E-state index is 0.268. The van der Waals surface area contributed by atoms with Crippen LogP contribution in [-0.4, -0.2) is 24.8 Å². The van der Waals surface area contributed by atoms with Gasteiger partial charge in [-0.05, 0) is 19.1 Å².